The molecule has 1 fully saturated rings. The molecule has 0 aromatic rings. The molecule has 0 atom stereocenters. The predicted molar refractivity (Wildman–Crippen MR) is 40.9 cm³/mol. The number of aldehydes is 1. The van der Waals surface area contributed by atoms with E-state index in [0.717, 1.165) is 12.8 Å². The van der Waals surface area contributed by atoms with Crippen LogP contribution in [0.25, 0.3) is 0 Å². The Bertz CT molecular complexity index is 125. The van der Waals surface area contributed by atoms with Gasteiger partial charge in [0.05, 0.1) is 0 Å². The van der Waals surface area contributed by atoms with Gasteiger partial charge in [-0.15, -0.1) is 0 Å². The third-order valence-corrected chi connectivity index (χ3v) is 1.78. The monoisotopic (exact) mass is 139 g/mol. The van der Waals surface area contributed by atoms with Crippen LogP contribution in [0.3, 0.4) is 0 Å². The van der Waals surface area contributed by atoms with Crippen molar-refractivity contribution in [3.63, 3.8) is 0 Å². The lowest BCUT2D eigenvalue weighted by atomic mass is 10.4. The molecule has 2 heteroatoms. The van der Waals surface area contributed by atoms with Gasteiger partial charge in [-0.05, 0) is 32.0 Å². The fraction of sp³-hybridized carbons (Fsp3) is 0.625. The summed E-state index contributed by atoms with van der Waals surface area (Å²) in [5.41, 5.74) is 0. The Morgan fingerprint density at radius 2 is 2.00 bits per heavy atom. The minimum Gasteiger partial charge on any atom is -0.300 e. The van der Waals surface area contributed by atoms with Gasteiger partial charge in [0, 0.05) is 6.54 Å². The summed E-state index contributed by atoms with van der Waals surface area (Å²) in [5.74, 6) is 0. The summed E-state index contributed by atoms with van der Waals surface area (Å²) in [7, 11) is 0. The summed E-state index contributed by atoms with van der Waals surface area (Å²) in [5, 5.41) is 0. The summed E-state index contributed by atoms with van der Waals surface area (Å²) in [6.07, 6.45) is 6.94. The highest BCUT2D eigenvalue weighted by atomic mass is 16.1. The first-order valence-corrected chi connectivity index (χ1v) is 3.76. The number of nitrogens with zero attached hydrogens (tertiary/aromatic N) is 1. The molecule has 1 rings (SSSR count). The van der Waals surface area contributed by atoms with Crippen LogP contribution in [0.4, 0.5) is 0 Å². The van der Waals surface area contributed by atoms with E-state index in [2.05, 4.69) is 4.90 Å². The standard InChI is InChI=1S/C8H13NO/c10-8-4-3-7-9-5-1-2-6-9/h3-4,8H,1-2,5-7H2. The van der Waals surface area contributed by atoms with Crippen LogP contribution in [-0.2, 0) is 4.79 Å². The molecule has 0 saturated carbocycles. The second kappa shape index (κ2) is 4.23. The zero-order valence-electron chi connectivity index (χ0n) is 6.12. The molecule has 0 bridgehead atoms. The molecular formula is C8H13NO. The molecule has 10 heavy (non-hydrogen) atoms. The van der Waals surface area contributed by atoms with Crippen LogP contribution in [-0.4, -0.2) is 30.8 Å². The van der Waals surface area contributed by atoms with Crippen LogP contribution in [0.2, 0.25) is 0 Å². The Kier molecular flexibility index (Phi) is 3.16. The molecule has 1 saturated heterocycles. The van der Waals surface area contributed by atoms with E-state index in [0.29, 0.717) is 0 Å². The van der Waals surface area contributed by atoms with Gasteiger partial charge in [0.2, 0.25) is 0 Å². The van der Waals surface area contributed by atoms with Gasteiger partial charge in [-0.1, -0.05) is 6.08 Å². The van der Waals surface area contributed by atoms with Gasteiger partial charge in [0.25, 0.3) is 0 Å². The molecule has 1 aliphatic rings. The Morgan fingerprint density at radius 1 is 1.30 bits per heavy atom. The molecule has 0 spiro atoms. The maximum atomic E-state index is 9.87. The first-order chi connectivity index (χ1) is 4.93. The van der Waals surface area contributed by atoms with Crippen molar-refractivity contribution in [1.29, 1.82) is 0 Å². The van der Waals surface area contributed by atoms with E-state index >= 15 is 0 Å². The Labute approximate surface area is 61.5 Å². The summed E-state index contributed by atoms with van der Waals surface area (Å²) < 4.78 is 0. The van der Waals surface area contributed by atoms with E-state index in [1.165, 1.54) is 25.9 Å². The van der Waals surface area contributed by atoms with E-state index in [4.69, 9.17) is 0 Å². The minimum absolute atomic E-state index is 0.829. The third kappa shape index (κ3) is 2.31. The van der Waals surface area contributed by atoms with Gasteiger partial charge in [-0.25, -0.2) is 0 Å². The maximum Gasteiger partial charge on any atom is 0.142 e. The van der Waals surface area contributed by atoms with E-state index in [1.54, 1.807) is 6.08 Å². The lowest BCUT2D eigenvalue weighted by molar-refractivity contribution is -0.104. The van der Waals surface area contributed by atoms with Crippen molar-refractivity contribution >= 4 is 6.29 Å². The first kappa shape index (κ1) is 7.48. The van der Waals surface area contributed by atoms with Crippen molar-refractivity contribution in [2.75, 3.05) is 19.6 Å². The molecule has 1 heterocycles. The average molecular weight is 139 g/mol. The molecule has 0 radical (unpaired) electrons. The summed E-state index contributed by atoms with van der Waals surface area (Å²) in [4.78, 5) is 12.2. The van der Waals surface area contributed by atoms with E-state index < -0.39 is 0 Å². The highest BCUT2D eigenvalue weighted by Crippen LogP contribution is 2.05. The number of likely N-dealkylation sites (tertiary alicyclic amines) is 1. The van der Waals surface area contributed by atoms with Crippen LogP contribution in [0, 0.1) is 0 Å². The second-order valence-corrected chi connectivity index (χ2v) is 2.57. The highest BCUT2D eigenvalue weighted by Gasteiger charge is 2.08. The fourth-order valence-electron chi connectivity index (χ4n) is 1.23. The molecule has 0 aromatic heterocycles. The van der Waals surface area contributed by atoms with Gasteiger partial charge in [-0.2, -0.15) is 0 Å². The van der Waals surface area contributed by atoms with Gasteiger partial charge < -0.3 is 0 Å². The van der Waals surface area contributed by atoms with Gasteiger partial charge in [-0.3, -0.25) is 9.69 Å². The quantitative estimate of drug-likeness (QED) is 0.426. The minimum atomic E-state index is 0.829. The molecule has 0 N–H and O–H groups in total. The van der Waals surface area contributed by atoms with E-state index in [1.807, 2.05) is 6.08 Å². The Morgan fingerprint density at radius 3 is 2.60 bits per heavy atom. The Balaban J connectivity index is 2.12. The smallest absolute Gasteiger partial charge is 0.142 e. The average Bonchev–Trinajstić information content (AvgIpc) is 2.41. The third-order valence-electron chi connectivity index (χ3n) is 1.78. The van der Waals surface area contributed by atoms with Crippen molar-refractivity contribution in [1.82, 2.24) is 4.90 Å². The van der Waals surface area contributed by atoms with E-state index in [9.17, 15) is 4.79 Å². The SMILES string of the molecule is O=CC=CCN1CCCC1. The number of hydrogen-bond donors (Lipinski definition) is 0. The number of hydrogen-bond acceptors (Lipinski definition) is 2. The molecule has 0 amide bonds. The van der Waals surface area contributed by atoms with Crippen LogP contribution in [0.1, 0.15) is 12.8 Å². The molecule has 2 nitrogen and oxygen atoms in total. The van der Waals surface area contributed by atoms with Crippen molar-refractivity contribution in [3.05, 3.63) is 12.2 Å². The zero-order chi connectivity index (χ0) is 7.23. The molecule has 56 valence electrons. The lowest BCUT2D eigenvalue weighted by Crippen LogP contribution is -2.18. The first-order valence-electron chi connectivity index (χ1n) is 3.76. The highest BCUT2D eigenvalue weighted by molar-refractivity contribution is 5.64. The molecule has 0 aliphatic carbocycles. The molecular weight excluding hydrogens is 126 g/mol. The lowest BCUT2D eigenvalue weighted by Gasteiger charge is -2.09. The van der Waals surface area contributed by atoms with Gasteiger partial charge in [0.1, 0.15) is 6.29 Å². The van der Waals surface area contributed by atoms with Crippen molar-refractivity contribution in [3.8, 4) is 0 Å². The summed E-state index contributed by atoms with van der Waals surface area (Å²) in [6, 6.07) is 0. The molecule has 0 aromatic carbocycles. The second-order valence-electron chi connectivity index (χ2n) is 2.57. The predicted octanol–water partition coefficient (Wildman–Crippen LogP) is 0.837. The number of allylic oxidation sites excluding steroid dienone is 1. The van der Waals surface area contributed by atoms with Crippen LogP contribution in [0.5, 0.6) is 0 Å². The van der Waals surface area contributed by atoms with Crippen LogP contribution < -0.4 is 0 Å². The number of rotatable bonds is 3. The fourth-order valence-corrected chi connectivity index (χ4v) is 1.23. The van der Waals surface area contributed by atoms with Crippen LogP contribution >= 0.6 is 0 Å². The zero-order valence-corrected chi connectivity index (χ0v) is 6.12. The van der Waals surface area contributed by atoms with Gasteiger partial charge >= 0.3 is 0 Å². The summed E-state index contributed by atoms with van der Waals surface area (Å²) >= 11 is 0. The van der Waals surface area contributed by atoms with Crippen LogP contribution in [0.15, 0.2) is 12.2 Å². The maximum absolute atomic E-state index is 9.87. The largest absolute Gasteiger partial charge is 0.300 e. The number of carbonyl (C=O) groups excluding carboxylic acids is 1. The number of carbonyl (C=O) groups is 1. The molecule has 0 unspecified atom stereocenters. The van der Waals surface area contributed by atoms with Crippen molar-refractivity contribution < 1.29 is 4.79 Å². The Hall–Kier alpha value is -0.630. The summed E-state index contributed by atoms with van der Waals surface area (Å²) in [6.45, 7) is 3.34. The van der Waals surface area contributed by atoms with Crippen molar-refractivity contribution in [2.45, 2.75) is 12.8 Å². The van der Waals surface area contributed by atoms with Gasteiger partial charge in [0.15, 0.2) is 0 Å². The molecule has 1 aliphatic heterocycles. The van der Waals surface area contributed by atoms with Crippen molar-refractivity contribution in [2.24, 2.45) is 0 Å². The van der Waals surface area contributed by atoms with E-state index in [-0.39, 0.29) is 0 Å². The topological polar surface area (TPSA) is 20.3 Å². The normalized spacial score (nSPS) is 20.4.